The summed E-state index contributed by atoms with van der Waals surface area (Å²) in [7, 11) is 0. The van der Waals surface area contributed by atoms with Crippen LogP contribution in [0.15, 0.2) is 18.2 Å². The molecule has 0 bridgehead atoms. The Labute approximate surface area is 173 Å². The maximum Gasteiger partial charge on any atom is 0.250 e. The molecule has 3 heterocycles. The molecule has 1 aromatic carbocycles. The number of nitrogens with one attached hydrogen (secondary N) is 2. The summed E-state index contributed by atoms with van der Waals surface area (Å²) in [5.74, 6) is -1.15. The van der Waals surface area contributed by atoms with Crippen LogP contribution in [0, 0.1) is 11.8 Å². The Morgan fingerprint density at radius 3 is 2.71 bits per heavy atom. The Hall–Kier alpha value is -1.57. The third kappa shape index (κ3) is 2.56. The van der Waals surface area contributed by atoms with Gasteiger partial charge in [0.1, 0.15) is 5.54 Å². The molecule has 3 amide bonds. The quantitative estimate of drug-likeness (QED) is 0.714. The molecule has 6 nitrogen and oxygen atoms in total. The molecule has 0 saturated carbocycles. The normalized spacial score (nSPS) is 32.1. The van der Waals surface area contributed by atoms with E-state index in [1.165, 1.54) is 4.90 Å². The minimum atomic E-state index is -1.25. The fourth-order valence-corrected chi connectivity index (χ4v) is 5.57. The van der Waals surface area contributed by atoms with E-state index in [0.29, 0.717) is 29.1 Å². The number of benzene rings is 1. The van der Waals surface area contributed by atoms with Crippen molar-refractivity contribution in [3.05, 3.63) is 28.8 Å². The van der Waals surface area contributed by atoms with Crippen molar-refractivity contribution in [2.75, 3.05) is 17.3 Å². The van der Waals surface area contributed by atoms with Crippen LogP contribution < -0.4 is 10.6 Å². The number of rotatable bonds is 5. The fraction of sp³-hybridized carbons (Fsp3) is 0.550. The van der Waals surface area contributed by atoms with Crippen molar-refractivity contribution in [2.45, 2.75) is 44.3 Å². The SMILES string of the molecule is CC[C@@H](C)N1C(=O)[C@@H]2[C@H](CCSC)N[C@@]3(C(=O)Nc4ccc(Cl)cc43)[C@@H]2C1=O. The first-order valence-corrected chi connectivity index (χ1v) is 11.4. The van der Waals surface area contributed by atoms with Gasteiger partial charge >= 0.3 is 0 Å². The standard InChI is InChI=1S/C20H24ClN3O3S/c1-4-10(2)24-17(25)15-14(7-8-28-3)23-20(16(15)18(24)26)12-9-11(21)5-6-13(12)22-19(20)27/h5-6,9-10,14-16,23H,4,7-8H2,1-3H3,(H,22,27)/t10-,14+,15-,16+,20-/m1/s1. The van der Waals surface area contributed by atoms with Gasteiger partial charge in [0.05, 0.1) is 11.8 Å². The maximum absolute atomic E-state index is 13.5. The minimum Gasteiger partial charge on any atom is -0.324 e. The zero-order chi connectivity index (χ0) is 20.2. The lowest BCUT2D eigenvalue weighted by Crippen LogP contribution is -2.54. The number of imide groups is 1. The smallest absolute Gasteiger partial charge is 0.250 e. The molecule has 150 valence electrons. The average molecular weight is 422 g/mol. The Bertz CT molecular complexity index is 863. The third-order valence-electron chi connectivity index (χ3n) is 6.38. The van der Waals surface area contributed by atoms with E-state index in [0.717, 1.165) is 5.75 Å². The monoisotopic (exact) mass is 421 g/mol. The molecule has 0 unspecified atom stereocenters. The van der Waals surface area contributed by atoms with Gasteiger partial charge in [0.25, 0.3) is 0 Å². The van der Waals surface area contributed by atoms with E-state index in [4.69, 9.17) is 11.6 Å². The van der Waals surface area contributed by atoms with Gasteiger partial charge in [-0.05, 0) is 50.0 Å². The Morgan fingerprint density at radius 2 is 2.04 bits per heavy atom. The third-order valence-corrected chi connectivity index (χ3v) is 7.25. The second-order valence-electron chi connectivity index (χ2n) is 7.79. The van der Waals surface area contributed by atoms with Gasteiger partial charge in [-0.3, -0.25) is 24.6 Å². The van der Waals surface area contributed by atoms with Crippen molar-refractivity contribution < 1.29 is 14.4 Å². The topological polar surface area (TPSA) is 78.5 Å². The summed E-state index contributed by atoms with van der Waals surface area (Å²) in [4.78, 5) is 41.4. The average Bonchev–Trinajstić information content (AvgIpc) is 3.25. The van der Waals surface area contributed by atoms with Crippen molar-refractivity contribution in [3.63, 3.8) is 0 Å². The molecular formula is C20H24ClN3O3S. The number of thioether (sulfide) groups is 1. The number of likely N-dealkylation sites (tertiary alicyclic amines) is 1. The molecular weight excluding hydrogens is 398 g/mol. The lowest BCUT2D eigenvalue weighted by atomic mass is 9.76. The van der Waals surface area contributed by atoms with Crippen molar-refractivity contribution in [2.24, 2.45) is 11.8 Å². The van der Waals surface area contributed by atoms with Crippen LogP contribution in [0.2, 0.25) is 5.02 Å². The highest BCUT2D eigenvalue weighted by Gasteiger charge is 2.70. The van der Waals surface area contributed by atoms with Crippen LogP contribution >= 0.6 is 23.4 Å². The number of carbonyl (C=O) groups is 3. The number of anilines is 1. The number of halogens is 1. The van der Waals surface area contributed by atoms with Crippen LogP contribution in [0.3, 0.4) is 0 Å². The summed E-state index contributed by atoms with van der Waals surface area (Å²) in [6.07, 6.45) is 3.40. The molecule has 2 N–H and O–H groups in total. The number of hydrogen-bond donors (Lipinski definition) is 2. The van der Waals surface area contributed by atoms with Crippen LogP contribution in [0.1, 0.15) is 32.3 Å². The van der Waals surface area contributed by atoms with Gasteiger partial charge in [-0.2, -0.15) is 11.8 Å². The maximum atomic E-state index is 13.5. The van der Waals surface area contributed by atoms with Crippen LogP contribution in [-0.2, 0) is 19.9 Å². The highest BCUT2D eigenvalue weighted by atomic mass is 35.5. The van der Waals surface area contributed by atoms with Crippen molar-refractivity contribution in [1.82, 2.24) is 10.2 Å². The number of amides is 3. The predicted octanol–water partition coefficient (Wildman–Crippen LogP) is 2.61. The van der Waals surface area contributed by atoms with Crippen molar-refractivity contribution in [3.8, 4) is 0 Å². The summed E-state index contributed by atoms with van der Waals surface area (Å²) in [6.45, 7) is 3.84. The summed E-state index contributed by atoms with van der Waals surface area (Å²) >= 11 is 7.91. The number of fused-ring (bicyclic) bond motifs is 4. The first kappa shape index (κ1) is 19.7. The zero-order valence-electron chi connectivity index (χ0n) is 16.1. The Balaban J connectivity index is 1.86. The van der Waals surface area contributed by atoms with Crippen LogP contribution in [0.25, 0.3) is 0 Å². The van der Waals surface area contributed by atoms with Gasteiger partial charge in [0, 0.05) is 28.4 Å². The lowest BCUT2D eigenvalue weighted by Gasteiger charge is -2.31. The highest BCUT2D eigenvalue weighted by Crippen LogP contribution is 2.54. The van der Waals surface area contributed by atoms with Crippen LogP contribution in [0.4, 0.5) is 5.69 Å². The first-order chi connectivity index (χ1) is 13.4. The molecule has 3 aliphatic heterocycles. The van der Waals surface area contributed by atoms with Gasteiger partial charge in [0.2, 0.25) is 17.7 Å². The van der Waals surface area contributed by atoms with E-state index in [2.05, 4.69) is 10.6 Å². The number of carbonyl (C=O) groups excluding carboxylic acids is 3. The molecule has 3 aliphatic rings. The molecule has 1 aromatic rings. The van der Waals surface area contributed by atoms with Gasteiger partial charge < -0.3 is 5.32 Å². The van der Waals surface area contributed by atoms with E-state index in [-0.39, 0.29) is 29.8 Å². The van der Waals surface area contributed by atoms with E-state index < -0.39 is 17.4 Å². The first-order valence-electron chi connectivity index (χ1n) is 9.61. The second-order valence-corrected chi connectivity index (χ2v) is 9.21. The Morgan fingerprint density at radius 1 is 1.29 bits per heavy atom. The van der Waals surface area contributed by atoms with Crippen LogP contribution in [-0.4, -0.2) is 46.7 Å². The molecule has 0 aliphatic carbocycles. The van der Waals surface area contributed by atoms with Crippen molar-refractivity contribution >= 4 is 46.8 Å². The lowest BCUT2D eigenvalue weighted by molar-refractivity contribution is -0.145. The summed E-state index contributed by atoms with van der Waals surface area (Å²) in [6, 6.07) is 4.78. The minimum absolute atomic E-state index is 0.164. The summed E-state index contributed by atoms with van der Waals surface area (Å²) in [5, 5.41) is 6.81. The van der Waals surface area contributed by atoms with Gasteiger partial charge in [-0.15, -0.1) is 0 Å². The Kier molecular flexibility index (Phi) is 4.96. The summed E-state index contributed by atoms with van der Waals surface area (Å²) < 4.78 is 0. The number of hydrogen-bond acceptors (Lipinski definition) is 5. The molecule has 0 aromatic heterocycles. The molecule has 2 fully saturated rings. The van der Waals surface area contributed by atoms with Gasteiger partial charge in [-0.1, -0.05) is 18.5 Å². The molecule has 1 spiro atoms. The highest BCUT2D eigenvalue weighted by molar-refractivity contribution is 7.98. The van der Waals surface area contributed by atoms with E-state index in [9.17, 15) is 14.4 Å². The molecule has 5 atom stereocenters. The molecule has 0 radical (unpaired) electrons. The van der Waals surface area contributed by atoms with E-state index in [1.807, 2.05) is 20.1 Å². The van der Waals surface area contributed by atoms with Crippen molar-refractivity contribution in [1.29, 1.82) is 0 Å². The molecule has 2 saturated heterocycles. The van der Waals surface area contributed by atoms with E-state index in [1.54, 1.807) is 30.0 Å². The predicted molar refractivity (Wildman–Crippen MR) is 110 cm³/mol. The number of nitrogens with zero attached hydrogens (tertiary/aromatic N) is 1. The molecule has 28 heavy (non-hydrogen) atoms. The fourth-order valence-electron chi connectivity index (χ4n) is 4.91. The van der Waals surface area contributed by atoms with Gasteiger partial charge in [-0.25, -0.2) is 0 Å². The largest absolute Gasteiger partial charge is 0.324 e. The van der Waals surface area contributed by atoms with E-state index >= 15 is 0 Å². The molecule has 4 rings (SSSR count). The van der Waals surface area contributed by atoms with Crippen LogP contribution in [0.5, 0.6) is 0 Å². The summed E-state index contributed by atoms with van der Waals surface area (Å²) in [5.41, 5.74) is 0.0651. The second kappa shape index (κ2) is 7.04. The molecule has 8 heteroatoms. The zero-order valence-corrected chi connectivity index (χ0v) is 17.7. The van der Waals surface area contributed by atoms with Gasteiger partial charge in [0.15, 0.2) is 0 Å².